The first-order valence-electron chi connectivity index (χ1n) is 8.25. The van der Waals surface area contributed by atoms with Gasteiger partial charge in [0.2, 0.25) is 0 Å². The van der Waals surface area contributed by atoms with Gasteiger partial charge in [0.05, 0.1) is 0 Å². The van der Waals surface area contributed by atoms with Gasteiger partial charge in [0.1, 0.15) is 0 Å². The Balaban J connectivity index is 1.78. The number of rotatable bonds is 4. The lowest BCUT2D eigenvalue weighted by Crippen LogP contribution is -2.55. The molecular formula is C19H26N2. The summed E-state index contributed by atoms with van der Waals surface area (Å²) in [5.41, 5.74) is 1.43. The molecule has 0 aliphatic carbocycles. The van der Waals surface area contributed by atoms with E-state index in [1.807, 2.05) is 0 Å². The van der Waals surface area contributed by atoms with Gasteiger partial charge in [-0.25, -0.2) is 0 Å². The van der Waals surface area contributed by atoms with Crippen LogP contribution in [0.2, 0.25) is 0 Å². The molecule has 0 aromatic heterocycles. The molecule has 0 spiro atoms. The highest BCUT2D eigenvalue weighted by molar-refractivity contribution is 5.82. The number of fused-ring (bicyclic) bond motifs is 1. The van der Waals surface area contributed by atoms with Gasteiger partial charge in [-0.1, -0.05) is 50.2 Å². The van der Waals surface area contributed by atoms with E-state index in [2.05, 4.69) is 66.5 Å². The molecule has 1 fully saturated rings. The molecule has 2 atom stereocenters. The molecule has 0 radical (unpaired) electrons. The number of piperazine rings is 1. The van der Waals surface area contributed by atoms with E-state index in [9.17, 15) is 0 Å². The molecule has 0 bridgehead atoms. The van der Waals surface area contributed by atoms with Gasteiger partial charge in [-0.15, -0.1) is 0 Å². The lowest BCUT2D eigenvalue weighted by Gasteiger charge is -2.40. The third-order valence-corrected chi connectivity index (χ3v) is 4.78. The minimum absolute atomic E-state index is 0.647. The summed E-state index contributed by atoms with van der Waals surface area (Å²) < 4.78 is 0. The first-order chi connectivity index (χ1) is 10.3. The van der Waals surface area contributed by atoms with Gasteiger partial charge >= 0.3 is 0 Å². The summed E-state index contributed by atoms with van der Waals surface area (Å²) in [5.74, 6) is 0. The van der Waals surface area contributed by atoms with Gasteiger partial charge < -0.3 is 5.32 Å². The number of hydrogen-bond donors (Lipinski definition) is 1. The molecule has 1 N–H and O–H groups in total. The molecule has 2 unspecified atom stereocenters. The van der Waals surface area contributed by atoms with Crippen molar-refractivity contribution in [1.29, 1.82) is 0 Å². The molecule has 21 heavy (non-hydrogen) atoms. The minimum Gasteiger partial charge on any atom is -0.311 e. The van der Waals surface area contributed by atoms with E-state index in [0.29, 0.717) is 12.1 Å². The maximum Gasteiger partial charge on any atom is 0.0238 e. The number of benzene rings is 2. The maximum absolute atomic E-state index is 3.67. The van der Waals surface area contributed by atoms with E-state index in [0.717, 1.165) is 13.1 Å². The molecule has 1 aliphatic rings. The summed E-state index contributed by atoms with van der Waals surface area (Å²) >= 11 is 0. The van der Waals surface area contributed by atoms with E-state index < -0.39 is 0 Å². The average molecular weight is 282 g/mol. The first kappa shape index (κ1) is 14.6. The van der Waals surface area contributed by atoms with Crippen LogP contribution in [-0.2, 0) is 6.54 Å². The van der Waals surface area contributed by atoms with Crippen LogP contribution in [-0.4, -0.2) is 30.1 Å². The van der Waals surface area contributed by atoms with Crippen molar-refractivity contribution in [2.24, 2.45) is 0 Å². The standard InChI is InChI=1S/C19H26N2/c1-3-18-14-21(19(4-2)12-20-18)13-15-9-10-16-7-5-6-8-17(16)11-15/h5-11,18-20H,3-4,12-14H2,1-2H3. The van der Waals surface area contributed by atoms with Crippen LogP contribution in [0.25, 0.3) is 10.8 Å². The maximum atomic E-state index is 3.67. The summed E-state index contributed by atoms with van der Waals surface area (Å²) in [5, 5.41) is 6.36. The monoisotopic (exact) mass is 282 g/mol. The molecule has 1 aliphatic heterocycles. The van der Waals surface area contributed by atoms with Crippen LogP contribution in [0.4, 0.5) is 0 Å². The summed E-state index contributed by atoms with van der Waals surface area (Å²) in [4.78, 5) is 2.66. The summed E-state index contributed by atoms with van der Waals surface area (Å²) in [6.07, 6.45) is 2.43. The zero-order chi connectivity index (χ0) is 14.7. The van der Waals surface area contributed by atoms with E-state index in [1.165, 1.54) is 35.7 Å². The van der Waals surface area contributed by atoms with Crippen molar-refractivity contribution in [3.05, 3.63) is 48.0 Å². The summed E-state index contributed by atoms with van der Waals surface area (Å²) in [6.45, 7) is 7.94. The molecule has 2 nitrogen and oxygen atoms in total. The second-order valence-corrected chi connectivity index (χ2v) is 6.19. The predicted molar refractivity (Wildman–Crippen MR) is 90.5 cm³/mol. The fourth-order valence-corrected chi connectivity index (χ4v) is 3.37. The van der Waals surface area contributed by atoms with Gasteiger partial charge in [-0.05, 0) is 35.2 Å². The van der Waals surface area contributed by atoms with Gasteiger partial charge in [-0.2, -0.15) is 0 Å². The highest BCUT2D eigenvalue weighted by Crippen LogP contribution is 2.20. The Bertz CT molecular complexity index is 593. The fourth-order valence-electron chi connectivity index (χ4n) is 3.37. The van der Waals surface area contributed by atoms with Crippen LogP contribution >= 0.6 is 0 Å². The Kier molecular flexibility index (Phi) is 4.57. The van der Waals surface area contributed by atoms with E-state index in [4.69, 9.17) is 0 Å². The molecule has 1 saturated heterocycles. The highest BCUT2D eigenvalue weighted by Gasteiger charge is 2.25. The van der Waals surface area contributed by atoms with E-state index >= 15 is 0 Å². The van der Waals surface area contributed by atoms with Gasteiger partial charge in [0.25, 0.3) is 0 Å². The second kappa shape index (κ2) is 6.59. The fraction of sp³-hybridized carbons (Fsp3) is 0.474. The van der Waals surface area contributed by atoms with Crippen molar-refractivity contribution in [1.82, 2.24) is 10.2 Å². The van der Waals surface area contributed by atoms with Crippen LogP contribution in [0.15, 0.2) is 42.5 Å². The largest absolute Gasteiger partial charge is 0.311 e. The smallest absolute Gasteiger partial charge is 0.0238 e. The van der Waals surface area contributed by atoms with Crippen molar-refractivity contribution in [3.8, 4) is 0 Å². The predicted octanol–water partition coefficient (Wildman–Crippen LogP) is 3.80. The molecular weight excluding hydrogens is 256 g/mol. The van der Waals surface area contributed by atoms with E-state index in [-0.39, 0.29) is 0 Å². The van der Waals surface area contributed by atoms with Gasteiger partial charge in [-0.3, -0.25) is 4.90 Å². The van der Waals surface area contributed by atoms with E-state index in [1.54, 1.807) is 0 Å². The van der Waals surface area contributed by atoms with Crippen LogP contribution < -0.4 is 5.32 Å². The molecule has 2 aromatic carbocycles. The molecule has 0 saturated carbocycles. The lowest BCUT2D eigenvalue weighted by atomic mass is 10.0. The number of hydrogen-bond acceptors (Lipinski definition) is 2. The van der Waals surface area contributed by atoms with Gasteiger partial charge in [0, 0.05) is 31.7 Å². The Morgan fingerprint density at radius 2 is 1.86 bits per heavy atom. The Morgan fingerprint density at radius 1 is 1.05 bits per heavy atom. The lowest BCUT2D eigenvalue weighted by molar-refractivity contribution is 0.117. The Labute approximate surface area is 128 Å². The Hall–Kier alpha value is -1.38. The normalized spacial score (nSPS) is 23.5. The average Bonchev–Trinajstić information content (AvgIpc) is 2.54. The molecule has 3 rings (SSSR count). The zero-order valence-electron chi connectivity index (χ0n) is 13.2. The number of nitrogens with one attached hydrogen (secondary N) is 1. The highest BCUT2D eigenvalue weighted by atomic mass is 15.2. The van der Waals surface area contributed by atoms with Gasteiger partial charge in [0.15, 0.2) is 0 Å². The third-order valence-electron chi connectivity index (χ3n) is 4.78. The quantitative estimate of drug-likeness (QED) is 0.917. The van der Waals surface area contributed by atoms with Crippen molar-refractivity contribution in [2.75, 3.05) is 13.1 Å². The summed E-state index contributed by atoms with van der Waals surface area (Å²) in [7, 11) is 0. The zero-order valence-corrected chi connectivity index (χ0v) is 13.2. The summed E-state index contributed by atoms with van der Waals surface area (Å²) in [6, 6.07) is 16.8. The molecule has 0 amide bonds. The van der Waals surface area contributed by atoms with Crippen LogP contribution in [0.5, 0.6) is 0 Å². The van der Waals surface area contributed by atoms with Crippen molar-refractivity contribution >= 4 is 10.8 Å². The molecule has 2 heteroatoms. The number of nitrogens with zero attached hydrogens (tertiary/aromatic N) is 1. The van der Waals surface area contributed by atoms with Crippen molar-refractivity contribution in [3.63, 3.8) is 0 Å². The van der Waals surface area contributed by atoms with Crippen molar-refractivity contribution in [2.45, 2.75) is 45.3 Å². The topological polar surface area (TPSA) is 15.3 Å². The molecule has 2 aromatic rings. The SMILES string of the molecule is CCC1CN(Cc2ccc3ccccc3c2)C(CC)CN1. The third kappa shape index (κ3) is 3.28. The van der Waals surface area contributed by atoms with Crippen LogP contribution in [0.3, 0.4) is 0 Å². The van der Waals surface area contributed by atoms with Crippen LogP contribution in [0.1, 0.15) is 32.3 Å². The molecule has 112 valence electrons. The molecule has 1 heterocycles. The second-order valence-electron chi connectivity index (χ2n) is 6.19. The van der Waals surface area contributed by atoms with Crippen LogP contribution in [0, 0.1) is 0 Å². The Morgan fingerprint density at radius 3 is 2.62 bits per heavy atom. The first-order valence-corrected chi connectivity index (χ1v) is 8.25. The van der Waals surface area contributed by atoms with Crippen molar-refractivity contribution < 1.29 is 0 Å². The minimum atomic E-state index is 0.647.